The van der Waals surface area contributed by atoms with E-state index in [1.165, 1.54) is 0 Å². The molecule has 0 aromatic heterocycles. The van der Waals surface area contributed by atoms with Gasteiger partial charge in [-0.25, -0.2) is 0 Å². The van der Waals surface area contributed by atoms with E-state index in [1.807, 2.05) is 6.92 Å². The van der Waals surface area contributed by atoms with E-state index in [-0.39, 0.29) is 5.75 Å². The van der Waals surface area contributed by atoms with Gasteiger partial charge >= 0.3 is 10.4 Å². The van der Waals surface area contributed by atoms with E-state index in [2.05, 4.69) is 0 Å². The average molecular weight is 260 g/mol. The molecule has 6 heteroatoms. The molecule has 90 valence electrons. The van der Waals surface area contributed by atoms with Crippen LogP contribution in [0.5, 0.6) is 5.75 Å². The average Bonchev–Trinajstić information content (AvgIpc) is 2.04. The van der Waals surface area contributed by atoms with Crippen molar-refractivity contribution in [2.45, 2.75) is 26.6 Å². The van der Waals surface area contributed by atoms with Crippen molar-refractivity contribution in [2.24, 2.45) is 0 Å². The van der Waals surface area contributed by atoms with Crippen molar-refractivity contribution in [1.29, 1.82) is 0 Å². The van der Waals surface area contributed by atoms with Gasteiger partial charge in [0, 0.05) is 0 Å². The molecule has 4 nitrogen and oxygen atoms in total. The van der Waals surface area contributed by atoms with E-state index in [0.29, 0.717) is 0 Å². The third-order valence-corrected chi connectivity index (χ3v) is 4.78. The molecule has 1 rings (SSSR count). The molecule has 0 radical (unpaired) electrons. The Labute approximate surface area is 97.7 Å². The largest absolute Gasteiger partial charge is 0.438 e. The maximum Gasteiger partial charge on any atom is 0.438 e. The Morgan fingerprint density at radius 1 is 1.06 bits per heavy atom. The predicted octanol–water partition coefficient (Wildman–Crippen LogP) is 2.47. The first kappa shape index (κ1) is 13.2. The second-order valence-electron chi connectivity index (χ2n) is 4.50. The van der Waals surface area contributed by atoms with Gasteiger partial charge in [0.05, 0.1) is 0 Å². The van der Waals surface area contributed by atoms with Crippen LogP contribution in [0.15, 0.2) is 24.3 Å². The quantitative estimate of drug-likeness (QED) is 0.780. The highest BCUT2D eigenvalue weighted by molar-refractivity contribution is 7.83. The summed E-state index contributed by atoms with van der Waals surface area (Å²) in [5, 5.41) is 0. The van der Waals surface area contributed by atoms with Gasteiger partial charge in [-0.3, -0.25) is 3.87 Å². The summed E-state index contributed by atoms with van der Waals surface area (Å²) in [5.74, 6) is 0.267. The fraction of sp³-hybridized carbons (Fsp3) is 0.400. The maximum absolute atomic E-state index is 11.5. The van der Waals surface area contributed by atoms with Crippen molar-refractivity contribution in [2.75, 3.05) is 0 Å². The van der Waals surface area contributed by atoms with E-state index >= 15 is 0 Å². The van der Waals surface area contributed by atoms with Crippen molar-refractivity contribution in [3.63, 3.8) is 0 Å². The first-order chi connectivity index (χ1) is 7.18. The summed E-state index contributed by atoms with van der Waals surface area (Å²) >= 11 is 0. The van der Waals surface area contributed by atoms with Crippen molar-refractivity contribution >= 4 is 18.7 Å². The molecule has 0 heterocycles. The second kappa shape index (κ2) is 4.56. The Morgan fingerprint density at radius 2 is 1.56 bits per heavy atom. The van der Waals surface area contributed by atoms with Gasteiger partial charge in [-0.05, 0) is 38.7 Å². The highest BCUT2D eigenvalue weighted by Gasteiger charge is 2.25. The Bertz CT molecular complexity index is 445. The number of aryl methyl sites for hydroxylation is 1. The van der Waals surface area contributed by atoms with Gasteiger partial charge in [0.1, 0.15) is 5.75 Å². The Morgan fingerprint density at radius 3 is 2.00 bits per heavy atom. The van der Waals surface area contributed by atoms with Gasteiger partial charge in [0.2, 0.25) is 8.32 Å². The first-order valence-corrected chi connectivity index (χ1v) is 9.64. The molecule has 0 atom stereocenters. The lowest BCUT2D eigenvalue weighted by molar-refractivity contribution is 0.391. The first-order valence-electron chi connectivity index (χ1n) is 4.90. The summed E-state index contributed by atoms with van der Waals surface area (Å²) < 4.78 is 32.7. The summed E-state index contributed by atoms with van der Waals surface area (Å²) in [4.78, 5) is 0. The lowest BCUT2D eigenvalue weighted by Gasteiger charge is -2.16. The molecular formula is C10H16O4SSi. The normalized spacial score (nSPS) is 12.5. The van der Waals surface area contributed by atoms with Crippen LogP contribution in [0.25, 0.3) is 0 Å². The highest BCUT2D eigenvalue weighted by atomic mass is 32.3. The van der Waals surface area contributed by atoms with Gasteiger partial charge in [0.15, 0.2) is 0 Å². The van der Waals surface area contributed by atoms with Gasteiger partial charge in [0.25, 0.3) is 0 Å². The third-order valence-electron chi connectivity index (χ3n) is 1.57. The Hall–Kier alpha value is -0.853. The lowest BCUT2D eigenvalue weighted by atomic mass is 10.2. The third kappa shape index (κ3) is 4.78. The molecular weight excluding hydrogens is 244 g/mol. The maximum atomic E-state index is 11.5. The summed E-state index contributed by atoms with van der Waals surface area (Å²) in [6.07, 6.45) is 0. The molecule has 0 aliphatic carbocycles. The van der Waals surface area contributed by atoms with Crippen LogP contribution in [0.3, 0.4) is 0 Å². The van der Waals surface area contributed by atoms with Crippen molar-refractivity contribution < 1.29 is 16.5 Å². The topological polar surface area (TPSA) is 52.6 Å². The fourth-order valence-electron chi connectivity index (χ4n) is 1.03. The minimum Gasteiger partial charge on any atom is -0.362 e. The van der Waals surface area contributed by atoms with Gasteiger partial charge in [-0.1, -0.05) is 17.7 Å². The van der Waals surface area contributed by atoms with Crippen LogP contribution in [-0.4, -0.2) is 16.7 Å². The van der Waals surface area contributed by atoms with E-state index in [1.54, 1.807) is 43.9 Å². The van der Waals surface area contributed by atoms with Crippen LogP contribution >= 0.6 is 0 Å². The van der Waals surface area contributed by atoms with E-state index in [0.717, 1.165) is 5.56 Å². The molecule has 0 aliphatic heterocycles. The minimum absolute atomic E-state index is 0.267. The van der Waals surface area contributed by atoms with Crippen LogP contribution in [0, 0.1) is 6.92 Å². The molecule has 0 N–H and O–H groups in total. The number of hydrogen-bond donors (Lipinski definition) is 0. The lowest BCUT2D eigenvalue weighted by Crippen LogP contribution is -2.31. The van der Waals surface area contributed by atoms with Gasteiger partial charge in [-0.2, -0.15) is 8.42 Å². The fourth-order valence-corrected chi connectivity index (χ4v) is 3.97. The van der Waals surface area contributed by atoms with Crippen LogP contribution in [0.1, 0.15) is 5.56 Å². The SMILES string of the molecule is Cc1ccc(OS(=O)(=O)O[Si](C)(C)C)cc1. The zero-order valence-corrected chi connectivity index (χ0v) is 11.7. The predicted molar refractivity (Wildman–Crippen MR) is 65.2 cm³/mol. The molecule has 0 saturated carbocycles. The second-order valence-corrected chi connectivity index (χ2v) is 10.4. The zero-order chi connectivity index (χ0) is 12.4. The van der Waals surface area contributed by atoms with Crippen molar-refractivity contribution in [1.82, 2.24) is 0 Å². The van der Waals surface area contributed by atoms with E-state index in [9.17, 15) is 8.42 Å². The molecule has 0 spiro atoms. The summed E-state index contributed by atoms with van der Waals surface area (Å²) in [5.41, 5.74) is 1.04. The molecule has 0 fully saturated rings. The van der Waals surface area contributed by atoms with E-state index < -0.39 is 18.7 Å². The molecule has 0 bridgehead atoms. The molecule has 0 unspecified atom stereocenters. The highest BCUT2D eigenvalue weighted by Crippen LogP contribution is 2.17. The van der Waals surface area contributed by atoms with Crippen LogP contribution < -0.4 is 4.18 Å². The summed E-state index contributed by atoms with van der Waals surface area (Å²) in [6, 6.07) is 6.75. The van der Waals surface area contributed by atoms with Crippen molar-refractivity contribution in [3.05, 3.63) is 29.8 Å². The minimum atomic E-state index is -3.94. The standard InChI is InChI=1S/C10H16O4SSi/c1-9-5-7-10(8-6-9)13-15(11,12)14-16(2,3)4/h5-8H,1-4H3. The van der Waals surface area contributed by atoms with E-state index in [4.69, 9.17) is 8.06 Å². The van der Waals surface area contributed by atoms with Crippen LogP contribution in [-0.2, 0) is 14.3 Å². The molecule has 0 aliphatic rings. The molecule has 0 saturated heterocycles. The number of benzene rings is 1. The summed E-state index contributed by atoms with van der Waals surface area (Å²) in [6.45, 7) is 7.26. The zero-order valence-electron chi connectivity index (χ0n) is 9.85. The molecule has 16 heavy (non-hydrogen) atoms. The van der Waals surface area contributed by atoms with Gasteiger partial charge in [-0.15, -0.1) is 0 Å². The molecule has 0 amide bonds. The molecule has 1 aromatic rings. The smallest absolute Gasteiger partial charge is 0.362 e. The van der Waals surface area contributed by atoms with Crippen LogP contribution in [0.2, 0.25) is 19.6 Å². The summed E-state index contributed by atoms with van der Waals surface area (Å²) in [7, 11) is -6.11. The monoisotopic (exact) mass is 260 g/mol. The number of hydrogen-bond acceptors (Lipinski definition) is 4. The van der Waals surface area contributed by atoms with Crippen LogP contribution in [0.4, 0.5) is 0 Å². The Balaban J connectivity index is 2.77. The van der Waals surface area contributed by atoms with Gasteiger partial charge < -0.3 is 4.18 Å². The Kier molecular flexibility index (Phi) is 3.77. The molecule has 1 aromatic carbocycles. The van der Waals surface area contributed by atoms with Crippen molar-refractivity contribution in [3.8, 4) is 5.75 Å². The number of rotatable bonds is 4.